The molecule has 17 heavy (non-hydrogen) atoms. The van der Waals surface area contributed by atoms with Crippen LogP contribution in [0.3, 0.4) is 0 Å². The van der Waals surface area contributed by atoms with Gasteiger partial charge in [0, 0.05) is 17.8 Å². The van der Waals surface area contributed by atoms with Gasteiger partial charge >= 0.3 is 0 Å². The Bertz CT molecular complexity index is 341. The normalized spacial score (nSPS) is 12.6. The van der Waals surface area contributed by atoms with Crippen molar-refractivity contribution in [2.45, 2.75) is 25.1 Å². The third-order valence-corrected chi connectivity index (χ3v) is 3.60. The highest BCUT2D eigenvalue weighted by molar-refractivity contribution is 8.00. The van der Waals surface area contributed by atoms with E-state index in [1.54, 1.807) is 11.8 Å². The molecule has 0 aliphatic rings. The maximum atomic E-state index is 10.9. The van der Waals surface area contributed by atoms with Gasteiger partial charge in [0.2, 0.25) is 5.91 Å². The number of primary amides is 1. The van der Waals surface area contributed by atoms with Crippen LogP contribution in [0.2, 0.25) is 0 Å². The third kappa shape index (κ3) is 5.75. The van der Waals surface area contributed by atoms with Crippen LogP contribution in [-0.2, 0) is 4.79 Å². The van der Waals surface area contributed by atoms with Crippen molar-refractivity contribution >= 4 is 17.7 Å². The number of nitrogens with one attached hydrogen (secondary N) is 1. The molecule has 0 heterocycles. The molecule has 0 saturated heterocycles. The maximum absolute atomic E-state index is 10.9. The van der Waals surface area contributed by atoms with Gasteiger partial charge in [-0.05, 0) is 5.56 Å². The summed E-state index contributed by atoms with van der Waals surface area (Å²) < 4.78 is 0. The summed E-state index contributed by atoms with van der Waals surface area (Å²) in [4.78, 5) is 10.9. The highest BCUT2D eigenvalue weighted by Crippen LogP contribution is 2.27. The predicted octanol–water partition coefficient (Wildman–Crippen LogP) is 1.94. The van der Waals surface area contributed by atoms with Gasteiger partial charge in [-0.1, -0.05) is 44.2 Å². The van der Waals surface area contributed by atoms with Gasteiger partial charge < -0.3 is 11.1 Å². The van der Waals surface area contributed by atoms with Gasteiger partial charge in [-0.25, -0.2) is 0 Å². The number of hydrogen-bond acceptors (Lipinski definition) is 3. The zero-order valence-corrected chi connectivity index (χ0v) is 11.2. The molecule has 0 aromatic heterocycles. The molecule has 1 atom stereocenters. The fourth-order valence-electron chi connectivity index (χ4n) is 1.47. The average molecular weight is 252 g/mol. The molecule has 0 radical (unpaired) electrons. The summed E-state index contributed by atoms with van der Waals surface area (Å²) >= 11 is 1.59. The highest BCUT2D eigenvalue weighted by Gasteiger charge is 2.13. The van der Waals surface area contributed by atoms with Crippen molar-refractivity contribution < 1.29 is 4.79 Å². The molecule has 1 amide bonds. The van der Waals surface area contributed by atoms with E-state index in [1.807, 2.05) is 18.2 Å². The molecule has 0 bridgehead atoms. The van der Waals surface area contributed by atoms with Crippen LogP contribution in [0.25, 0.3) is 0 Å². The maximum Gasteiger partial charge on any atom is 0.227 e. The molecule has 0 spiro atoms. The molecule has 0 saturated carbocycles. The zero-order chi connectivity index (χ0) is 12.7. The predicted molar refractivity (Wildman–Crippen MR) is 74.0 cm³/mol. The third-order valence-electron chi connectivity index (χ3n) is 2.31. The SMILES string of the molecule is CC(C)NCC(SCC(N)=O)c1ccccc1. The highest BCUT2D eigenvalue weighted by atomic mass is 32.2. The quantitative estimate of drug-likeness (QED) is 0.780. The van der Waals surface area contributed by atoms with Crippen molar-refractivity contribution in [2.75, 3.05) is 12.3 Å². The fraction of sp³-hybridized carbons (Fsp3) is 0.462. The van der Waals surface area contributed by atoms with E-state index in [2.05, 4.69) is 31.3 Å². The summed E-state index contributed by atoms with van der Waals surface area (Å²) in [7, 11) is 0. The lowest BCUT2D eigenvalue weighted by Gasteiger charge is -2.18. The Labute approximate surface area is 107 Å². The van der Waals surface area contributed by atoms with E-state index in [1.165, 1.54) is 5.56 Å². The van der Waals surface area contributed by atoms with Crippen molar-refractivity contribution in [3.8, 4) is 0 Å². The number of benzene rings is 1. The molecule has 3 nitrogen and oxygen atoms in total. The number of carbonyl (C=O) groups is 1. The standard InChI is InChI=1S/C13H20N2OS/c1-10(2)15-8-12(17-9-13(14)16)11-6-4-3-5-7-11/h3-7,10,12,15H,8-9H2,1-2H3,(H2,14,16). The van der Waals surface area contributed by atoms with Crippen LogP contribution in [0.1, 0.15) is 24.7 Å². The second kappa shape index (κ2) is 7.35. The zero-order valence-electron chi connectivity index (χ0n) is 10.3. The van der Waals surface area contributed by atoms with E-state index in [4.69, 9.17) is 5.73 Å². The van der Waals surface area contributed by atoms with E-state index < -0.39 is 0 Å². The Balaban J connectivity index is 2.61. The first-order valence-corrected chi connectivity index (χ1v) is 6.82. The number of thioether (sulfide) groups is 1. The van der Waals surface area contributed by atoms with Crippen LogP contribution in [0.15, 0.2) is 30.3 Å². The molecular weight excluding hydrogens is 232 g/mol. The van der Waals surface area contributed by atoms with Crippen molar-refractivity contribution in [3.05, 3.63) is 35.9 Å². The van der Waals surface area contributed by atoms with Gasteiger partial charge in [-0.2, -0.15) is 0 Å². The smallest absolute Gasteiger partial charge is 0.227 e. The van der Waals surface area contributed by atoms with Crippen LogP contribution in [0, 0.1) is 0 Å². The van der Waals surface area contributed by atoms with E-state index in [9.17, 15) is 4.79 Å². The molecule has 1 rings (SSSR count). The largest absolute Gasteiger partial charge is 0.369 e. The van der Waals surface area contributed by atoms with Crippen LogP contribution in [0.4, 0.5) is 0 Å². The minimum atomic E-state index is -0.263. The van der Waals surface area contributed by atoms with Crippen LogP contribution in [-0.4, -0.2) is 24.2 Å². The molecule has 1 aromatic rings. The molecule has 0 aliphatic heterocycles. The molecule has 1 unspecified atom stereocenters. The number of nitrogens with two attached hydrogens (primary N) is 1. The summed E-state index contributed by atoms with van der Waals surface area (Å²) in [5, 5.41) is 3.66. The second-order valence-corrected chi connectivity index (χ2v) is 5.43. The van der Waals surface area contributed by atoms with E-state index in [-0.39, 0.29) is 11.2 Å². The topological polar surface area (TPSA) is 55.1 Å². The lowest BCUT2D eigenvalue weighted by atomic mass is 10.1. The summed E-state index contributed by atoms with van der Waals surface area (Å²) in [6.07, 6.45) is 0. The van der Waals surface area contributed by atoms with Crippen molar-refractivity contribution in [2.24, 2.45) is 5.73 Å². The van der Waals surface area contributed by atoms with Crippen LogP contribution >= 0.6 is 11.8 Å². The van der Waals surface area contributed by atoms with E-state index >= 15 is 0 Å². The Hall–Kier alpha value is -1.00. The van der Waals surface area contributed by atoms with E-state index in [0.29, 0.717) is 11.8 Å². The Morgan fingerprint density at radius 2 is 2.00 bits per heavy atom. The van der Waals surface area contributed by atoms with Crippen molar-refractivity contribution in [3.63, 3.8) is 0 Å². The van der Waals surface area contributed by atoms with Gasteiger partial charge in [0.1, 0.15) is 0 Å². The van der Waals surface area contributed by atoms with Gasteiger partial charge in [-0.15, -0.1) is 11.8 Å². The molecule has 1 aromatic carbocycles. The van der Waals surface area contributed by atoms with E-state index in [0.717, 1.165) is 6.54 Å². The molecule has 0 fully saturated rings. The van der Waals surface area contributed by atoms with Crippen LogP contribution in [0.5, 0.6) is 0 Å². The first kappa shape index (κ1) is 14.1. The Kier molecular flexibility index (Phi) is 6.08. The average Bonchev–Trinajstić information content (AvgIpc) is 2.29. The lowest BCUT2D eigenvalue weighted by molar-refractivity contribution is -0.115. The minimum Gasteiger partial charge on any atom is -0.369 e. The monoisotopic (exact) mass is 252 g/mol. The molecule has 94 valence electrons. The second-order valence-electron chi connectivity index (χ2n) is 4.24. The summed E-state index contributed by atoms with van der Waals surface area (Å²) in [6, 6.07) is 10.6. The Morgan fingerprint density at radius 1 is 1.35 bits per heavy atom. The molecule has 0 aliphatic carbocycles. The number of rotatable bonds is 7. The molecule has 4 heteroatoms. The lowest BCUT2D eigenvalue weighted by Crippen LogP contribution is -2.27. The summed E-state index contributed by atoms with van der Waals surface area (Å²) in [5.41, 5.74) is 6.42. The van der Waals surface area contributed by atoms with Crippen LogP contribution < -0.4 is 11.1 Å². The number of amides is 1. The summed E-state index contributed by atoms with van der Waals surface area (Å²) in [6.45, 7) is 5.07. The van der Waals surface area contributed by atoms with Gasteiger partial charge in [0.25, 0.3) is 0 Å². The first-order chi connectivity index (χ1) is 8.09. The van der Waals surface area contributed by atoms with Crippen molar-refractivity contribution in [1.82, 2.24) is 5.32 Å². The first-order valence-electron chi connectivity index (χ1n) is 5.78. The molecule has 3 N–H and O–H groups in total. The summed E-state index contributed by atoms with van der Waals surface area (Å²) in [5.74, 6) is 0.0970. The van der Waals surface area contributed by atoms with Gasteiger partial charge in [-0.3, -0.25) is 4.79 Å². The van der Waals surface area contributed by atoms with Gasteiger partial charge in [0.05, 0.1) is 5.75 Å². The fourth-order valence-corrected chi connectivity index (χ4v) is 2.40. The Morgan fingerprint density at radius 3 is 2.53 bits per heavy atom. The number of hydrogen-bond donors (Lipinski definition) is 2. The van der Waals surface area contributed by atoms with Crippen molar-refractivity contribution in [1.29, 1.82) is 0 Å². The number of carbonyl (C=O) groups excluding carboxylic acids is 1. The van der Waals surface area contributed by atoms with Gasteiger partial charge in [0.15, 0.2) is 0 Å². The molecular formula is C13H20N2OS. The minimum absolute atomic E-state index is 0.263.